The molecule has 5 heteroatoms. The van der Waals surface area contributed by atoms with Gasteiger partial charge in [0.1, 0.15) is 5.82 Å². The van der Waals surface area contributed by atoms with Crippen LogP contribution in [-0.4, -0.2) is 15.6 Å². The molecule has 1 atom stereocenters. The summed E-state index contributed by atoms with van der Waals surface area (Å²) in [6.45, 7) is 0. The first-order chi connectivity index (χ1) is 8.53. The van der Waals surface area contributed by atoms with Gasteiger partial charge in [-0.25, -0.2) is 4.39 Å². The summed E-state index contributed by atoms with van der Waals surface area (Å²) in [5.41, 5.74) is -0.751. The highest BCUT2D eigenvalue weighted by molar-refractivity contribution is 6.07. The van der Waals surface area contributed by atoms with Crippen molar-refractivity contribution in [2.75, 3.05) is 5.32 Å². The molecule has 0 saturated heterocycles. The topological polar surface area (TPSA) is 54.3 Å². The van der Waals surface area contributed by atoms with E-state index in [1.165, 1.54) is 18.2 Å². The first kappa shape index (κ1) is 11.0. The van der Waals surface area contributed by atoms with Gasteiger partial charge in [0.2, 0.25) is 5.60 Å². The number of aromatic nitrogens is 1. The van der Waals surface area contributed by atoms with E-state index in [0.717, 1.165) is 0 Å². The molecule has 0 aliphatic carbocycles. The van der Waals surface area contributed by atoms with E-state index < -0.39 is 17.3 Å². The number of carbonyl (C=O) groups is 1. The van der Waals surface area contributed by atoms with E-state index >= 15 is 0 Å². The van der Waals surface area contributed by atoms with Crippen LogP contribution in [0.1, 0.15) is 11.3 Å². The molecule has 1 aromatic heterocycles. The maximum atomic E-state index is 13.3. The first-order valence-corrected chi connectivity index (χ1v) is 5.49. The van der Waals surface area contributed by atoms with Crippen molar-refractivity contribution in [3.05, 3.63) is 53.6 Å². The standard InChI is InChI=1S/C13H11FN2O2/c1-16-6-2-3-11(16)13(18)9-7-8(14)4-5-10(9)15-12(13)17/h2-7,18H,1H3,(H,15,17)/t13-/m0/s1. The van der Waals surface area contributed by atoms with Gasteiger partial charge >= 0.3 is 0 Å². The number of amides is 1. The fraction of sp³-hybridized carbons (Fsp3) is 0.154. The summed E-state index contributed by atoms with van der Waals surface area (Å²) in [4.78, 5) is 12.0. The highest BCUT2D eigenvalue weighted by Gasteiger charge is 2.48. The van der Waals surface area contributed by atoms with Gasteiger partial charge < -0.3 is 15.0 Å². The van der Waals surface area contributed by atoms with Gasteiger partial charge in [-0.3, -0.25) is 4.79 Å². The van der Waals surface area contributed by atoms with Crippen molar-refractivity contribution >= 4 is 11.6 Å². The average Bonchev–Trinajstić information content (AvgIpc) is 2.85. The Kier molecular flexibility index (Phi) is 2.09. The summed E-state index contributed by atoms with van der Waals surface area (Å²) in [5, 5.41) is 13.2. The summed E-state index contributed by atoms with van der Waals surface area (Å²) in [6.07, 6.45) is 1.72. The highest BCUT2D eigenvalue weighted by Crippen LogP contribution is 2.40. The van der Waals surface area contributed by atoms with Crippen molar-refractivity contribution in [3.8, 4) is 0 Å². The van der Waals surface area contributed by atoms with Crippen molar-refractivity contribution in [3.63, 3.8) is 0 Å². The summed E-state index contributed by atoms with van der Waals surface area (Å²) in [5.74, 6) is -1.05. The number of nitrogens with zero attached hydrogens (tertiary/aromatic N) is 1. The fourth-order valence-electron chi connectivity index (χ4n) is 2.35. The molecule has 2 N–H and O–H groups in total. The van der Waals surface area contributed by atoms with Gasteiger partial charge in [0, 0.05) is 24.5 Å². The highest BCUT2D eigenvalue weighted by atomic mass is 19.1. The van der Waals surface area contributed by atoms with Gasteiger partial charge in [-0.15, -0.1) is 0 Å². The van der Waals surface area contributed by atoms with Crippen LogP contribution in [0.15, 0.2) is 36.5 Å². The largest absolute Gasteiger partial charge is 0.371 e. The van der Waals surface area contributed by atoms with Crippen LogP contribution in [0.2, 0.25) is 0 Å². The van der Waals surface area contributed by atoms with Crippen molar-refractivity contribution in [1.29, 1.82) is 0 Å². The van der Waals surface area contributed by atoms with Gasteiger partial charge in [0.05, 0.1) is 5.69 Å². The fourth-order valence-corrected chi connectivity index (χ4v) is 2.35. The van der Waals surface area contributed by atoms with Crippen LogP contribution < -0.4 is 5.32 Å². The van der Waals surface area contributed by atoms with Crippen LogP contribution in [-0.2, 0) is 17.4 Å². The molecule has 0 saturated carbocycles. The number of nitrogens with one attached hydrogen (secondary N) is 1. The predicted molar refractivity (Wildman–Crippen MR) is 63.4 cm³/mol. The summed E-state index contributed by atoms with van der Waals surface area (Å²) in [7, 11) is 1.72. The lowest BCUT2D eigenvalue weighted by Crippen LogP contribution is -2.37. The molecule has 0 fully saturated rings. The molecular formula is C13H11FN2O2. The zero-order valence-corrected chi connectivity index (χ0v) is 9.64. The van der Waals surface area contributed by atoms with Crippen molar-refractivity contribution in [2.45, 2.75) is 5.60 Å². The second kappa shape index (κ2) is 3.43. The van der Waals surface area contributed by atoms with Crippen LogP contribution in [0.5, 0.6) is 0 Å². The number of carbonyl (C=O) groups excluding carboxylic acids is 1. The quantitative estimate of drug-likeness (QED) is 0.798. The van der Waals surface area contributed by atoms with E-state index in [0.29, 0.717) is 11.4 Å². The smallest absolute Gasteiger partial charge is 0.267 e. The maximum absolute atomic E-state index is 13.3. The number of rotatable bonds is 1. The Balaban J connectivity index is 2.28. The van der Waals surface area contributed by atoms with E-state index in [2.05, 4.69) is 5.32 Å². The van der Waals surface area contributed by atoms with Crippen molar-refractivity contribution < 1.29 is 14.3 Å². The van der Waals surface area contributed by atoms with Crippen LogP contribution >= 0.6 is 0 Å². The molecule has 2 heterocycles. The minimum absolute atomic E-state index is 0.245. The number of hydrogen-bond donors (Lipinski definition) is 2. The number of benzene rings is 1. The van der Waals surface area contributed by atoms with Gasteiger partial charge in [-0.05, 0) is 30.3 Å². The SMILES string of the molecule is Cn1cccc1[C@]1(O)C(=O)Nc2ccc(F)cc21. The van der Waals surface area contributed by atoms with Gasteiger partial charge in [0.15, 0.2) is 0 Å². The molecule has 92 valence electrons. The Hall–Kier alpha value is -2.14. The maximum Gasteiger partial charge on any atom is 0.267 e. The van der Waals surface area contributed by atoms with E-state index in [1.54, 1.807) is 29.9 Å². The number of aliphatic hydroxyl groups is 1. The minimum atomic E-state index is -1.84. The third kappa shape index (κ3) is 1.25. The van der Waals surface area contributed by atoms with E-state index in [4.69, 9.17) is 0 Å². The lowest BCUT2D eigenvalue weighted by Gasteiger charge is -2.21. The molecule has 0 spiro atoms. The van der Waals surface area contributed by atoms with Crippen LogP contribution in [0.4, 0.5) is 10.1 Å². The van der Waals surface area contributed by atoms with Crippen molar-refractivity contribution in [2.24, 2.45) is 7.05 Å². The van der Waals surface area contributed by atoms with Gasteiger partial charge in [-0.1, -0.05) is 0 Å². The lowest BCUT2D eigenvalue weighted by molar-refractivity contribution is -0.130. The molecule has 0 radical (unpaired) electrons. The third-order valence-corrected chi connectivity index (χ3v) is 3.26. The Morgan fingerprint density at radius 1 is 1.39 bits per heavy atom. The number of aryl methyl sites for hydroxylation is 1. The molecule has 0 bridgehead atoms. The Bertz CT molecular complexity index is 650. The number of halogens is 1. The van der Waals surface area contributed by atoms with Gasteiger partial charge in [-0.2, -0.15) is 0 Å². The van der Waals surface area contributed by atoms with E-state index in [1.807, 2.05) is 0 Å². The predicted octanol–water partition coefficient (Wildman–Crippen LogP) is 1.35. The minimum Gasteiger partial charge on any atom is -0.371 e. The number of hydrogen-bond acceptors (Lipinski definition) is 2. The van der Waals surface area contributed by atoms with E-state index in [-0.39, 0.29) is 5.56 Å². The van der Waals surface area contributed by atoms with Crippen LogP contribution in [0.25, 0.3) is 0 Å². The monoisotopic (exact) mass is 246 g/mol. The molecule has 1 aliphatic heterocycles. The first-order valence-electron chi connectivity index (χ1n) is 5.49. The summed E-state index contributed by atoms with van der Waals surface area (Å²) in [6, 6.07) is 7.23. The lowest BCUT2D eigenvalue weighted by atomic mass is 9.91. The second-order valence-electron chi connectivity index (χ2n) is 4.36. The molecule has 2 aromatic rings. The molecule has 4 nitrogen and oxygen atoms in total. The molecule has 1 aromatic carbocycles. The third-order valence-electron chi connectivity index (χ3n) is 3.26. The molecule has 1 aliphatic rings. The van der Waals surface area contributed by atoms with Crippen molar-refractivity contribution in [1.82, 2.24) is 4.57 Å². The van der Waals surface area contributed by atoms with Gasteiger partial charge in [0.25, 0.3) is 5.91 Å². The summed E-state index contributed by atoms with van der Waals surface area (Å²) >= 11 is 0. The molecule has 18 heavy (non-hydrogen) atoms. The Morgan fingerprint density at radius 3 is 2.83 bits per heavy atom. The average molecular weight is 246 g/mol. The molecule has 3 rings (SSSR count). The number of anilines is 1. The molecular weight excluding hydrogens is 235 g/mol. The number of fused-ring (bicyclic) bond motifs is 1. The zero-order valence-electron chi connectivity index (χ0n) is 9.64. The Morgan fingerprint density at radius 2 is 2.17 bits per heavy atom. The van der Waals surface area contributed by atoms with Crippen LogP contribution in [0.3, 0.4) is 0 Å². The normalized spacial score (nSPS) is 21.8. The molecule has 1 amide bonds. The summed E-state index contributed by atoms with van der Waals surface area (Å²) < 4.78 is 15.0. The second-order valence-corrected chi connectivity index (χ2v) is 4.36. The van der Waals surface area contributed by atoms with E-state index in [9.17, 15) is 14.3 Å². The Labute approximate surface area is 103 Å². The van der Waals surface area contributed by atoms with Crippen LogP contribution in [0, 0.1) is 5.82 Å². The zero-order chi connectivity index (χ0) is 12.9. The molecule has 0 unspecified atom stereocenters.